The summed E-state index contributed by atoms with van der Waals surface area (Å²) in [5.74, 6) is -1.87. The summed E-state index contributed by atoms with van der Waals surface area (Å²) in [6, 6.07) is -0.676. The maximum Gasteiger partial charge on any atom is 0.315 e. The molecule has 0 bridgehead atoms. The van der Waals surface area contributed by atoms with Crippen LogP contribution in [0.25, 0.3) is 0 Å². The molecule has 18 heavy (non-hydrogen) atoms. The van der Waals surface area contributed by atoms with Crippen LogP contribution in [0, 0.1) is 5.92 Å². The molecule has 0 radical (unpaired) electrons. The Morgan fingerprint density at radius 3 is 2.33 bits per heavy atom. The molecule has 3 amide bonds. The van der Waals surface area contributed by atoms with Crippen LogP contribution in [0.4, 0.5) is 4.79 Å². The lowest BCUT2D eigenvalue weighted by molar-refractivity contribution is -0.141. The number of rotatable bonds is 4. The summed E-state index contributed by atoms with van der Waals surface area (Å²) in [6.07, 6.45) is 1.60. The molecule has 1 aliphatic carbocycles. The second-order valence-electron chi connectivity index (χ2n) is 5.13. The van der Waals surface area contributed by atoms with E-state index in [-0.39, 0.29) is 6.04 Å². The molecule has 0 saturated heterocycles. The summed E-state index contributed by atoms with van der Waals surface area (Å²) in [4.78, 5) is 33.4. The number of carboxylic acid groups (broad SMARTS) is 1. The zero-order valence-corrected chi connectivity index (χ0v) is 10.5. The highest BCUT2D eigenvalue weighted by molar-refractivity contribution is 5.89. The monoisotopic (exact) mass is 257 g/mol. The summed E-state index contributed by atoms with van der Waals surface area (Å²) in [7, 11) is 0. The number of carbonyl (C=O) groups is 3. The van der Waals surface area contributed by atoms with Gasteiger partial charge in [0.2, 0.25) is 5.91 Å². The Morgan fingerprint density at radius 1 is 1.28 bits per heavy atom. The molecule has 1 rings (SSSR count). The van der Waals surface area contributed by atoms with Crippen molar-refractivity contribution in [1.82, 2.24) is 10.6 Å². The molecule has 5 N–H and O–H groups in total. The van der Waals surface area contributed by atoms with Crippen molar-refractivity contribution in [2.24, 2.45) is 11.7 Å². The maximum absolute atomic E-state index is 11.6. The molecule has 1 fully saturated rings. The van der Waals surface area contributed by atoms with Gasteiger partial charge in [0.25, 0.3) is 0 Å². The average molecular weight is 257 g/mol. The van der Waals surface area contributed by atoms with Crippen molar-refractivity contribution in [2.75, 3.05) is 0 Å². The van der Waals surface area contributed by atoms with Gasteiger partial charge in [-0.2, -0.15) is 0 Å². The van der Waals surface area contributed by atoms with Gasteiger partial charge in [0, 0.05) is 6.04 Å². The molecule has 2 atom stereocenters. The number of aliphatic carboxylic acids is 1. The van der Waals surface area contributed by atoms with E-state index in [1.165, 1.54) is 13.8 Å². The number of hydrogen-bond acceptors (Lipinski definition) is 3. The van der Waals surface area contributed by atoms with Gasteiger partial charge in [0.1, 0.15) is 5.54 Å². The summed E-state index contributed by atoms with van der Waals surface area (Å²) in [5.41, 5.74) is 4.00. The number of amides is 3. The minimum atomic E-state index is -1.13. The lowest BCUT2D eigenvalue weighted by Crippen LogP contribution is -2.56. The molecular weight excluding hydrogens is 238 g/mol. The maximum atomic E-state index is 11.6. The van der Waals surface area contributed by atoms with Crippen LogP contribution in [0.5, 0.6) is 0 Å². The van der Waals surface area contributed by atoms with Crippen LogP contribution in [-0.4, -0.2) is 34.6 Å². The third-order valence-corrected chi connectivity index (χ3v) is 3.16. The summed E-state index contributed by atoms with van der Waals surface area (Å²) in [5, 5.41) is 13.9. The van der Waals surface area contributed by atoms with Crippen LogP contribution >= 0.6 is 0 Å². The molecule has 0 unspecified atom stereocenters. The molecule has 7 nitrogen and oxygen atoms in total. The smallest absolute Gasteiger partial charge is 0.315 e. The van der Waals surface area contributed by atoms with Gasteiger partial charge < -0.3 is 21.5 Å². The van der Waals surface area contributed by atoms with E-state index in [1.807, 2.05) is 0 Å². The van der Waals surface area contributed by atoms with Crippen molar-refractivity contribution in [3.63, 3.8) is 0 Å². The van der Waals surface area contributed by atoms with Crippen LogP contribution in [0.1, 0.15) is 33.1 Å². The van der Waals surface area contributed by atoms with Gasteiger partial charge >= 0.3 is 12.0 Å². The van der Waals surface area contributed by atoms with E-state index < -0.39 is 29.4 Å². The molecule has 0 aromatic carbocycles. The van der Waals surface area contributed by atoms with Crippen LogP contribution in [0.15, 0.2) is 0 Å². The fourth-order valence-corrected chi connectivity index (χ4v) is 1.90. The molecule has 1 aliphatic rings. The number of nitrogens with one attached hydrogen (secondary N) is 2. The van der Waals surface area contributed by atoms with E-state index in [4.69, 9.17) is 10.8 Å². The zero-order chi connectivity index (χ0) is 13.9. The molecular formula is C11H19N3O4. The van der Waals surface area contributed by atoms with E-state index in [2.05, 4.69) is 10.6 Å². The van der Waals surface area contributed by atoms with Crippen molar-refractivity contribution in [3.05, 3.63) is 0 Å². The van der Waals surface area contributed by atoms with Gasteiger partial charge in [-0.3, -0.25) is 9.59 Å². The van der Waals surface area contributed by atoms with Crippen molar-refractivity contribution >= 4 is 17.9 Å². The SMILES string of the molecule is CC(C)(NC(=O)N[C@H]1CC[C@@H](C(=O)O)C1)C(N)=O. The third-order valence-electron chi connectivity index (χ3n) is 3.16. The van der Waals surface area contributed by atoms with Crippen molar-refractivity contribution in [3.8, 4) is 0 Å². The lowest BCUT2D eigenvalue weighted by atomic mass is 10.1. The Bertz CT molecular complexity index is 367. The number of carbonyl (C=O) groups excluding carboxylic acids is 2. The van der Waals surface area contributed by atoms with Crippen LogP contribution < -0.4 is 16.4 Å². The molecule has 7 heteroatoms. The van der Waals surface area contributed by atoms with Gasteiger partial charge in [-0.25, -0.2) is 4.79 Å². The van der Waals surface area contributed by atoms with Crippen molar-refractivity contribution in [2.45, 2.75) is 44.7 Å². The third kappa shape index (κ3) is 3.61. The topological polar surface area (TPSA) is 122 Å². The Labute approximate surface area is 105 Å². The lowest BCUT2D eigenvalue weighted by Gasteiger charge is -2.23. The van der Waals surface area contributed by atoms with Gasteiger partial charge in [-0.15, -0.1) is 0 Å². The minimum absolute atomic E-state index is 0.172. The number of hydrogen-bond donors (Lipinski definition) is 4. The van der Waals surface area contributed by atoms with Gasteiger partial charge in [0.05, 0.1) is 5.92 Å². The van der Waals surface area contributed by atoms with Crippen LogP contribution in [0.2, 0.25) is 0 Å². The predicted molar refractivity (Wildman–Crippen MR) is 63.7 cm³/mol. The second kappa shape index (κ2) is 5.24. The van der Waals surface area contributed by atoms with Crippen molar-refractivity contribution in [1.29, 1.82) is 0 Å². The molecule has 0 spiro atoms. The molecule has 0 aliphatic heterocycles. The molecule has 102 valence electrons. The van der Waals surface area contributed by atoms with E-state index in [0.717, 1.165) is 0 Å². The Hall–Kier alpha value is -1.79. The highest BCUT2D eigenvalue weighted by Crippen LogP contribution is 2.25. The van der Waals surface area contributed by atoms with E-state index in [0.29, 0.717) is 19.3 Å². The Kier molecular flexibility index (Phi) is 4.15. The van der Waals surface area contributed by atoms with Crippen LogP contribution in [0.3, 0.4) is 0 Å². The molecule has 1 saturated carbocycles. The summed E-state index contributed by atoms with van der Waals surface area (Å²) >= 11 is 0. The first-order chi connectivity index (χ1) is 8.22. The summed E-state index contributed by atoms with van der Waals surface area (Å²) < 4.78 is 0. The van der Waals surface area contributed by atoms with Gasteiger partial charge in [-0.05, 0) is 33.1 Å². The largest absolute Gasteiger partial charge is 0.481 e. The first-order valence-electron chi connectivity index (χ1n) is 5.83. The average Bonchev–Trinajstić information content (AvgIpc) is 2.64. The highest BCUT2D eigenvalue weighted by atomic mass is 16.4. The Balaban J connectivity index is 2.43. The normalized spacial score (nSPS) is 23.4. The first-order valence-corrected chi connectivity index (χ1v) is 5.83. The predicted octanol–water partition coefficient (Wildman–Crippen LogP) is -0.197. The fourth-order valence-electron chi connectivity index (χ4n) is 1.90. The Morgan fingerprint density at radius 2 is 1.89 bits per heavy atom. The zero-order valence-electron chi connectivity index (χ0n) is 10.5. The number of urea groups is 1. The summed E-state index contributed by atoms with van der Waals surface area (Å²) in [6.45, 7) is 3.01. The first kappa shape index (κ1) is 14.3. The molecule has 0 aromatic rings. The highest BCUT2D eigenvalue weighted by Gasteiger charge is 2.32. The van der Waals surface area contributed by atoms with Crippen molar-refractivity contribution < 1.29 is 19.5 Å². The standard InChI is InChI=1S/C11H19N3O4/c1-11(2,9(12)17)14-10(18)13-7-4-3-6(5-7)8(15)16/h6-7H,3-5H2,1-2H3,(H2,12,17)(H,15,16)(H2,13,14,18)/t6-,7+/m1/s1. The molecule has 0 heterocycles. The van der Waals surface area contributed by atoms with Crippen LogP contribution in [-0.2, 0) is 9.59 Å². The van der Waals surface area contributed by atoms with Gasteiger partial charge in [-0.1, -0.05) is 0 Å². The minimum Gasteiger partial charge on any atom is -0.481 e. The number of primary amides is 1. The van der Waals surface area contributed by atoms with Gasteiger partial charge in [0.15, 0.2) is 0 Å². The quantitative estimate of drug-likeness (QED) is 0.557. The number of carboxylic acids is 1. The van der Waals surface area contributed by atoms with E-state index >= 15 is 0 Å². The fraction of sp³-hybridized carbons (Fsp3) is 0.727. The van der Waals surface area contributed by atoms with E-state index in [1.54, 1.807) is 0 Å². The number of nitrogens with two attached hydrogens (primary N) is 1. The molecule has 0 aromatic heterocycles. The van der Waals surface area contributed by atoms with E-state index in [9.17, 15) is 14.4 Å². The second-order valence-corrected chi connectivity index (χ2v) is 5.13.